The number of hydrogen-bond acceptors (Lipinski definition) is 5. The summed E-state index contributed by atoms with van der Waals surface area (Å²) in [6, 6.07) is 9.49. The number of rotatable bonds is 5. The zero-order valence-corrected chi connectivity index (χ0v) is 13.4. The van der Waals surface area contributed by atoms with Gasteiger partial charge < -0.3 is 14.2 Å². The highest BCUT2D eigenvalue weighted by atomic mass is 19.3. The van der Waals surface area contributed by atoms with Gasteiger partial charge in [0.05, 0.1) is 7.11 Å². The Morgan fingerprint density at radius 3 is 2.50 bits per heavy atom. The van der Waals surface area contributed by atoms with Gasteiger partial charge in [0, 0.05) is 5.56 Å². The van der Waals surface area contributed by atoms with E-state index in [1.54, 1.807) is 0 Å². The molecule has 0 bridgehead atoms. The van der Waals surface area contributed by atoms with E-state index in [0.29, 0.717) is 11.1 Å². The molecule has 0 saturated carbocycles. The number of alkyl halides is 2. The number of benzene rings is 2. The molecule has 0 spiro atoms. The van der Waals surface area contributed by atoms with Crippen LogP contribution in [0.2, 0.25) is 0 Å². The third-order valence-corrected chi connectivity index (χ3v) is 3.42. The first-order chi connectivity index (χ1) is 12.5. The van der Waals surface area contributed by atoms with Gasteiger partial charge in [0.25, 0.3) is 0 Å². The van der Waals surface area contributed by atoms with Crippen LogP contribution in [0.3, 0.4) is 0 Å². The van der Waals surface area contributed by atoms with E-state index < -0.39 is 18.4 Å². The summed E-state index contributed by atoms with van der Waals surface area (Å²) in [6.45, 7) is -2.99. The standard InChI is InChI=1S/C18H12F3NO4/c1-24-15-9-10(2-7-14(15)25-18(20)21)8-13-17(23)26-16(22-13)11-3-5-12(19)6-4-11/h2-9,18H,1H3. The van der Waals surface area contributed by atoms with Crippen LogP contribution in [0.4, 0.5) is 13.2 Å². The highest BCUT2D eigenvalue weighted by molar-refractivity contribution is 6.12. The Morgan fingerprint density at radius 1 is 1.12 bits per heavy atom. The number of cyclic esters (lactones) is 1. The number of esters is 1. The van der Waals surface area contributed by atoms with Crippen LogP contribution in [-0.4, -0.2) is 25.6 Å². The maximum atomic E-state index is 13.0. The second-order valence-electron chi connectivity index (χ2n) is 5.13. The number of ether oxygens (including phenoxy) is 3. The van der Waals surface area contributed by atoms with E-state index in [0.717, 1.165) is 0 Å². The van der Waals surface area contributed by atoms with Gasteiger partial charge in [-0.05, 0) is 48.0 Å². The zero-order valence-electron chi connectivity index (χ0n) is 13.4. The first-order valence-corrected chi connectivity index (χ1v) is 7.37. The van der Waals surface area contributed by atoms with Crippen molar-refractivity contribution >= 4 is 17.9 Å². The lowest BCUT2D eigenvalue weighted by atomic mass is 10.1. The number of aliphatic imine (C=N–C) groups is 1. The molecule has 5 nitrogen and oxygen atoms in total. The lowest BCUT2D eigenvalue weighted by molar-refractivity contribution is -0.129. The quantitative estimate of drug-likeness (QED) is 0.599. The first-order valence-electron chi connectivity index (χ1n) is 7.37. The minimum atomic E-state index is -2.99. The second kappa shape index (κ2) is 7.30. The van der Waals surface area contributed by atoms with Crippen LogP contribution in [0, 0.1) is 5.82 Å². The molecule has 1 heterocycles. The Labute approximate surface area is 146 Å². The van der Waals surface area contributed by atoms with Gasteiger partial charge in [0.15, 0.2) is 17.2 Å². The number of hydrogen-bond donors (Lipinski definition) is 0. The van der Waals surface area contributed by atoms with Crippen molar-refractivity contribution in [2.75, 3.05) is 7.11 Å². The Bertz CT molecular complexity index is 892. The third-order valence-electron chi connectivity index (χ3n) is 3.42. The normalized spacial score (nSPS) is 15.2. The van der Waals surface area contributed by atoms with E-state index in [1.807, 2.05) is 0 Å². The van der Waals surface area contributed by atoms with Gasteiger partial charge in [0.2, 0.25) is 5.90 Å². The van der Waals surface area contributed by atoms with Gasteiger partial charge in [-0.3, -0.25) is 0 Å². The highest BCUT2D eigenvalue weighted by Crippen LogP contribution is 2.30. The van der Waals surface area contributed by atoms with Gasteiger partial charge in [-0.2, -0.15) is 8.78 Å². The minimum Gasteiger partial charge on any atom is -0.493 e. The predicted octanol–water partition coefficient (Wildman–Crippen LogP) is 3.78. The van der Waals surface area contributed by atoms with Gasteiger partial charge in [-0.25, -0.2) is 14.2 Å². The van der Waals surface area contributed by atoms with Gasteiger partial charge >= 0.3 is 12.6 Å². The van der Waals surface area contributed by atoms with Crippen LogP contribution in [0.15, 0.2) is 53.2 Å². The average molecular weight is 363 g/mol. The molecule has 0 fully saturated rings. The Morgan fingerprint density at radius 2 is 1.85 bits per heavy atom. The number of halogens is 3. The van der Waals surface area contributed by atoms with Crippen LogP contribution in [0.5, 0.6) is 11.5 Å². The van der Waals surface area contributed by atoms with E-state index in [1.165, 1.54) is 55.7 Å². The molecule has 2 aromatic carbocycles. The Hall–Kier alpha value is -3.29. The van der Waals surface area contributed by atoms with Crippen molar-refractivity contribution in [3.63, 3.8) is 0 Å². The summed E-state index contributed by atoms with van der Waals surface area (Å²) in [5, 5.41) is 0. The van der Waals surface area contributed by atoms with E-state index in [4.69, 9.17) is 9.47 Å². The van der Waals surface area contributed by atoms with E-state index >= 15 is 0 Å². The molecule has 1 aliphatic heterocycles. The van der Waals surface area contributed by atoms with Crippen molar-refractivity contribution in [2.24, 2.45) is 4.99 Å². The maximum absolute atomic E-state index is 13.0. The van der Waals surface area contributed by atoms with E-state index in [9.17, 15) is 18.0 Å². The van der Waals surface area contributed by atoms with Crippen molar-refractivity contribution in [2.45, 2.75) is 6.61 Å². The van der Waals surface area contributed by atoms with Crippen molar-refractivity contribution in [1.82, 2.24) is 0 Å². The fourth-order valence-electron chi connectivity index (χ4n) is 2.25. The van der Waals surface area contributed by atoms with Crippen molar-refractivity contribution in [1.29, 1.82) is 0 Å². The molecule has 8 heteroatoms. The molecular formula is C18H12F3NO4. The van der Waals surface area contributed by atoms with E-state index in [2.05, 4.69) is 9.73 Å². The van der Waals surface area contributed by atoms with Gasteiger partial charge in [0.1, 0.15) is 5.82 Å². The van der Waals surface area contributed by atoms with Crippen molar-refractivity contribution in [3.8, 4) is 11.5 Å². The first kappa shape index (κ1) is 17.5. The molecule has 1 aliphatic rings. The molecule has 134 valence electrons. The van der Waals surface area contributed by atoms with Gasteiger partial charge in [-0.1, -0.05) is 6.07 Å². The molecule has 0 saturated heterocycles. The third kappa shape index (κ3) is 3.85. The number of carbonyl (C=O) groups excluding carboxylic acids is 1. The summed E-state index contributed by atoms with van der Waals surface area (Å²) in [6.07, 6.45) is 1.41. The summed E-state index contributed by atoms with van der Waals surface area (Å²) in [7, 11) is 1.30. The lowest BCUT2D eigenvalue weighted by Crippen LogP contribution is -2.05. The van der Waals surface area contributed by atoms with Crippen LogP contribution in [0.25, 0.3) is 6.08 Å². The summed E-state index contributed by atoms with van der Waals surface area (Å²) in [5.74, 6) is -1.11. The average Bonchev–Trinajstić information content (AvgIpc) is 2.97. The molecule has 0 N–H and O–H groups in total. The number of nitrogens with zero attached hydrogens (tertiary/aromatic N) is 1. The van der Waals surface area contributed by atoms with Crippen LogP contribution in [0.1, 0.15) is 11.1 Å². The molecule has 3 rings (SSSR count). The Kier molecular flexibility index (Phi) is 4.92. The molecule has 2 aromatic rings. The topological polar surface area (TPSA) is 57.1 Å². The predicted molar refractivity (Wildman–Crippen MR) is 86.6 cm³/mol. The molecule has 0 atom stereocenters. The van der Waals surface area contributed by atoms with Crippen LogP contribution in [-0.2, 0) is 9.53 Å². The molecule has 0 aromatic heterocycles. The smallest absolute Gasteiger partial charge is 0.387 e. The van der Waals surface area contributed by atoms with Gasteiger partial charge in [-0.15, -0.1) is 0 Å². The van der Waals surface area contributed by atoms with Crippen LogP contribution < -0.4 is 9.47 Å². The second-order valence-corrected chi connectivity index (χ2v) is 5.13. The van der Waals surface area contributed by atoms with Crippen molar-refractivity contribution in [3.05, 3.63) is 65.1 Å². The highest BCUT2D eigenvalue weighted by Gasteiger charge is 2.24. The SMILES string of the molecule is COc1cc(C=C2N=C(c3ccc(F)cc3)OC2=O)ccc1OC(F)F. The lowest BCUT2D eigenvalue weighted by Gasteiger charge is -2.10. The fourth-order valence-corrected chi connectivity index (χ4v) is 2.25. The summed E-state index contributed by atoms with van der Waals surface area (Å²) >= 11 is 0. The monoisotopic (exact) mass is 363 g/mol. The fraction of sp³-hybridized carbons (Fsp3) is 0.111. The molecule has 0 unspecified atom stereocenters. The molecule has 26 heavy (non-hydrogen) atoms. The molecule has 0 radical (unpaired) electrons. The summed E-state index contributed by atoms with van der Waals surface area (Å²) in [4.78, 5) is 16.0. The summed E-state index contributed by atoms with van der Waals surface area (Å²) < 4.78 is 52.1. The zero-order chi connectivity index (χ0) is 18.7. The Balaban J connectivity index is 1.89. The number of carbonyl (C=O) groups is 1. The molecule has 0 aliphatic carbocycles. The molecular weight excluding hydrogens is 351 g/mol. The van der Waals surface area contributed by atoms with Crippen molar-refractivity contribution < 1.29 is 32.2 Å². The van der Waals surface area contributed by atoms with Crippen LogP contribution >= 0.6 is 0 Å². The van der Waals surface area contributed by atoms with E-state index in [-0.39, 0.29) is 23.1 Å². The largest absolute Gasteiger partial charge is 0.493 e. The molecule has 0 amide bonds. The minimum absolute atomic E-state index is 0.00825. The summed E-state index contributed by atoms with van der Waals surface area (Å²) in [5.41, 5.74) is 0.926. The number of methoxy groups -OCH3 is 1. The maximum Gasteiger partial charge on any atom is 0.387 e.